The smallest absolute Gasteiger partial charge is 0.121 e. The Morgan fingerprint density at radius 3 is 2.71 bits per heavy atom. The van der Waals surface area contributed by atoms with Crippen LogP contribution in [-0.2, 0) is 6.54 Å². The third-order valence-corrected chi connectivity index (χ3v) is 4.44. The van der Waals surface area contributed by atoms with Gasteiger partial charge in [0.1, 0.15) is 5.75 Å². The molecule has 1 aliphatic heterocycles. The Hall–Kier alpha value is -1.06. The number of ether oxygens (including phenoxy) is 1. The Balaban J connectivity index is 2.00. The van der Waals surface area contributed by atoms with Crippen molar-refractivity contribution in [3.05, 3.63) is 29.3 Å². The van der Waals surface area contributed by atoms with Gasteiger partial charge in [-0.15, -0.1) is 0 Å². The van der Waals surface area contributed by atoms with Gasteiger partial charge in [-0.1, -0.05) is 18.6 Å². The first-order chi connectivity index (χ1) is 10.1. The molecule has 0 bridgehead atoms. The Bertz CT molecular complexity index is 439. The highest BCUT2D eigenvalue weighted by molar-refractivity contribution is 5.36. The van der Waals surface area contributed by atoms with Gasteiger partial charge in [0.15, 0.2) is 0 Å². The summed E-state index contributed by atoms with van der Waals surface area (Å²) in [5.74, 6) is 0.976. The standard InChI is InChI=1S/C18H30N2O/c1-14(2)20(13-17-7-5-6-10-19-17)12-16-8-9-18(21-4)15(3)11-16/h8-9,11,14,17,19H,5-7,10,12-13H2,1-4H3. The van der Waals surface area contributed by atoms with Gasteiger partial charge in [0.2, 0.25) is 0 Å². The predicted octanol–water partition coefficient (Wildman–Crippen LogP) is 3.36. The van der Waals surface area contributed by atoms with Crippen molar-refractivity contribution in [3.8, 4) is 5.75 Å². The molecule has 1 N–H and O–H groups in total. The first kappa shape index (κ1) is 16.3. The monoisotopic (exact) mass is 290 g/mol. The average Bonchev–Trinajstić information content (AvgIpc) is 2.48. The molecule has 1 fully saturated rings. The molecule has 0 saturated carbocycles. The van der Waals surface area contributed by atoms with Gasteiger partial charge in [-0.25, -0.2) is 0 Å². The second kappa shape index (κ2) is 7.81. The summed E-state index contributed by atoms with van der Waals surface area (Å²) in [6, 6.07) is 7.75. The van der Waals surface area contributed by atoms with Gasteiger partial charge in [-0.2, -0.15) is 0 Å². The van der Waals surface area contributed by atoms with E-state index >= 15 is 0 Å². The van der Waals surface area contributed by atoms with E-state index in [1.165, 1.54) is 36.9 Å². The number of benzene rings is 1. The van der Waals surface area contributed by atoms with Crippen LogP contribution < -0.4 is 10.1 Å². The van der Waals surface area contributed by atoms with Crippen LogP contribution in [0.1, 0.15) is 44.2 Å². The largest absolute Gasteiger partial charge is 0.496 e. The fourth-order valence-corrected chi connectivity index (χ4v) is 3.09. The van der Waals surface area contributed by atoms with Crippen LogP contribution in [0.2, 0.25) is 0 Å². The van der Waals surface area contributed by atoms with Gasteiger partial charge < -0.3 is 10.1 Å². The molecule has 0 aromatic heterocycles. The van der Waals surface area contributed by atoms with E-state index in [-0.39, 0.29) is 0 Å². The Kier molecular flexibility index (Phi) is 6.07. The highest BCUT2D eigenvalue weighted by atomic mass is 16.5. The number of hydrogen-bond acceptors (Lipinski definition) is 3. The SMILES string of the molecule is COc1ccc(CN(CC2CCCCN2)C(C)C)cc1C. The molecule has 0 spiro atoms. The van der Waals surface area contributed by atoms with Gasteiger partial charge in [0.25, 0.3) is 0 Å². The fraction of sp³-hybridized carbons (Fsp3) is 0.667. The van der Waals surface area contributed by atoms with Crippen molar-refractivity contribution in [3.63, 3.8) is 0 Å². The third kappa shape index (κ3) is 4.72. The van der Waals surface area contributed by atoms with Crippen LogP contribution in [0.4, 0.5) is 0 Å². The van der Waals surface area contributed by atoms with Crippen molar-refractivity contribution in [2.45, 2.75) is 58.7 Å². The van der Waals surface area contributed by atoms with Gasteiger partial charge in [0.05, 0.1) is 7.11 Å². The van der Waals surface area contributed by atoms with Crippen LogP contribution in [0.3, 0.4) is 0 Å². The zero-order chi connectivity index (χ0) is 15.2. The molecule has 21 heavy (non-hydrogen) atoms. The summed E-state index contributed by atoms with van der Waals surface area (Å²) in [5, 5.41) is 3.66. The van der Waals surface area contributed by atoms with Gasteiger partial charge >= 0.3 is 0 Å². The quantitative estimate of drug-likeness (QED) is 0.869. The molecule has 1 aromatic carbocycles. The molecule has 2 rings (SSSR count). The summed E-state index contributed by atoms with van der Waals surface area (Å²) in [5.41, 5.74) is 2.59. The topological polar surface area (TPSA) is 24.5 Å². The molecular formula is C18H30N2O. The van der Waals surface area contributed by atoms with Crippen molar-refractivity contribution in [1.82, 2.24) is 10.2 Å². The molecule has 0 radical (unpaired) electrons. The predicted molar refractivity (Wildman–Crippen MR) is 88.9 cm³/mol. The number of methoxy groups -OCH3 is 1. The lowest BCUT2D eigenvalue weighted by atomic mass is 10.0. The number of hydrogen-bond donors (Lipinski definition) is 1. The van der Waals surface area contributed by atoms with Crippen LogP contribution >= 0.6 is 0 Å². The molecule has 1 atom stereocenters. The molecule has 1 unspecified atom stereocenters. The van der Waals surface area contributed by atoms with Crippen molar-refractivity contribution in [2.24, 2.45) is 0 Å². The fourth-order valence-electron chi connectivity index (χ4n) is 3.09. The number of rotatable bonds is 6. The van der Waals surface area contributed by atoms with Crippen LogP contribution in [0, 0.1) is 6.92 Å². The van der Waals surface area contributed by atoms with E-state index in [1.807, 2.05) is 0 Å². The maximum absolute atomic E-state index is 5.35. The summed E-state index contributed by atoms with van der Waals surface area (Å²) in [7, 11) is 1.73. The van der Waals surface area contributed by atoms with E-state index in [4.69, 9.17) is 4.74 Å². The number of piperidine rings is 1. The second-order valence-corrected chi connectivity index (χ2v) is 6.47. The molecule has 3 nitrogen and oxygen atoms in total. The van der Waals surface area contributed by atoms with Crippen LogP contribution in [-0.4, -0.2) is 37.2 Å². The van der Waals surface area contributed by atoms with E-state index in [0.717, 1.165) is 18.8 Å². The first-order valence-corrected chi connectivity index (χ1v) is 8.21. The third-order valence-electron chi connectivity index (χ3n) is 4.44. The highest BCUT2D eigenvalue weighted by Gasteiger charge is 2.19. The lowest BCUT2D eigenvalue weighted by Gasteiger charge is -2.33. The molecule has 3 heteroatoms. The first-order valence-electron chi connectivity index (χ1n) is 8.21. The summed E-state index contributed by atoms with van der Waals surface area (Å²) < 4.78 is 5.35. The van der Waals surface area contributed by atoms with E-state index < -0.39 is 0 Å². The molecule has 1 aromatic rings. The van der Waals surface area contributed by atoms with Crippen molar-refractivity contribution >= 4 is 0 Å². The van der Waals surface area contributed by atoms with Gasteiger partial charge in [-0.3, -0.25) is 4.90 Å². The Morgan fingerprint density at radius 1 is 1.33 bits per heavy atom. The van der Waals surface area contributed by atoms with E-state index in [2.05, 4.69) is 49.2 Å². The molecule has 0 aliphatic carbocycles. The minimum atomic E-state index is 0.566. The molecular weight excluding hydrogens is 260 g/mol. The van der Waals surface area contributed by atoms with E-state index in [1.54, 1.807) is 7.11 Å². The highest BCUT2D eigenvalue weighted by Crippen LogP contribution is 2.20. The van der Waals surface area contributed by atoms with E-state index in [0.29, 0.717) is 12.1 Å². The summed E-state index contributed by atoms with van der Waals surface area (Å²) >= 11 is 0. The molecule has 1 heterocycles. The van der Waals surface area contributed by atoms with E-state index in [9.17, 15) is 0 Å². The van der Waals surface area contributed by atoms with Crippen LogP contribution in [0.15, 0.2) is 18.2 Å². The molecule has 118 valence electrons. The van der Waals surface area contributed by atoms with Crippen molar-refractivity contribution in [2.75, 3.05) is 20.2 Å². The molecule has 0 amide bonds. The van der Waals surface area contributed by atoms with Crippen LogP contribution in [0.25, 0.3) is 0 Å². The van der Waals surface area contributed by atoms with Crippen molar-refractivity contribution < 1.29 is 4.74 Å². The lowest BCUT2D eigenvalue weighted by Crippen LogP contribution is -2.45. The lowest BCUT2D eigenvalue weighted by molar-refractivity contribution is 0.177. The maximum atomic E-state index is 5.35. The van der Waals surface area contributed by atoms with Crippen LogP contribution in [0.5, 0.6) is 5.75 Å². The minimum absolute atomic E-state index is 0.566. The Morgan fingerprint density at radius 2 is 2.14 bits per heavy atom. The zero-order valence-corrected chi connectivity index (χ0v) is 14.0. The Labute approximate surface area is 129 Å². The zero-order valence-electron chi connectivity index (χ0n) is 14.0. The number of nitrogens with zero attached hydrogens (tertiary/aromatic N) is 1. The maximum Gasteiger partial charge on any atom is 0.121 e. The van der Waals surface area contributed by atoms with Crippen molar-refractivity contribution in [1.29, 1.82) is 0 Å². The number of nitrogens with one attached hydrogen (secondary N) is 1. The average molecular weight is 290 g/mol. The normalized spacial score (nSPS) is 19.2. The minimum Gasteiger partial charge on any atom is -0.496 e. The number of aryl methyl sites for hydroxylation is 1. The van der Waals surface area contributed by atoms with Gasteiger partial charge in [-0.05, 0) is 57.4 Å². The molecule has 1 saturated heterocycles. The molecule has 1 aliphatic rings. The summed E-state index contributed by atoms with van der Waals surface area (Å²) in [4.78, 5) is 2.57. The summed E-state index contributed by atoms with van der Waals surface area (Å²) in [6.07, 6.45) is 4.01. The summed E-state index contributed by atoms with van der Waals surface area (Å²) in [6.45, 7) is 10.0. The second-order valence-electron chi connectivity index (χ2n) is 6.47. The van der Waals surface area contributed by atoms with Gasteiger partial charge in [0, 0.05) is 25.2 Å².